The molecule has 3 heterocycles. The average molecular weight is 464 g/mol. The minimum atomic E-state index is -0.152. The Labute approximate surface area is 187 Å². The van der Waals surface area contributed by atoms with E-state index in [0.717, 1.165) is 10.4 Å². The van der Waals surface area contributed by atoms with Gasteiger partial charge in [-0.15, -0.1) is 11.3 Å². The van der Waals surface area contributed by atoms with Crippen molar-refractivity contribution in [2.45, 2.75) is 19.3 Å². The molecule has 30 heavy (non-hydrogen) atoms. The lowest BCUT2D eigenvalue weighted by atomic mass is 9.96. The summed E-state index contributed by atoms with van der Waals surface area (Å²) in [4.78, 5) is 32.0. The van der Waals surface area contributed by atoms with Gasteiger partial charge in [0.2, 0.25) is 5.91 Å². The molecular formula is C21H19Cl2N3O3S. The van der Waals surface area contributed by atoms with Crippen LogP contribution in [0, 0.1) is 5.92 Å². The van der Waals surface area contributed by atoms with E-state index in [1.165, 1.54) is 17.6 Å². The van der Waals surface area contributed by atoms with Crippen LogP contribution in [-0.4, -0.2) is 34.8 Å². The lowest BCUT2D eigenvalue weighted by Gasteiger charge is -2.30. The van der Waals surface area contributed by atoms with Crippen LogP contribution in [0.5, 0.6) is 0 Å². The van der Waals surface area contributed by atoms with Gasteiger partial charge in [-0.25, -0.2) is 4.98 Å². The number of halogens is 2. The van der Waals surface area contributed by atoms with Crippen LogP contribution in [0.25, 0.3) is 0 Å². The normalized spacial score (nSPS) is 14.7. The van der Waals surface area contributed by atoms with E-state index in [2.05, 4.69) is 10.3 Å². The number of aromatic nitrogens is 1. The summed E-state index contributed by atoms with van der Waals surface area (Å²) >= 11 is 13.7. The molecule has 2 aromatic heterocycles. The Kier molecular flexibility index (Phi) is 6.41. The molecule has 2 amide bonds. The Hall–Kier alpha value is -2.35. The van der Waals surface area contributed by atoms with Crippen molar-refractivity contribution in [2.24, 2.45) is 5.92 Å². The van der Waals surface area contributed by atoms with Crippen molar-refractivity contribution in [3.05, 3.63) is 69.0 Å². The summed E-state index contributed by atoms with van der Waals surface area (Å²) in [7, 11) is 0. The number of anilines is 1. The van der Waals surface area contributed by atoms with Crippen LogP contribution in [0.1, 0.15) is 33.8 Å². The molecule has 156 valence electrons. The van der Waals surface area contributed by atoms with Gasteiger partial charge in [0, 0.05) is 46.5 Å². The van der Waals surface area contributed by atoms with Gasteiger partial charge in [-0.2, -0.15) is 0 Å². The van der Waals surface area contributed by atoms with Crippen molar-refractivity contribution >= 4 is 51.5 Å². The van der Waals surface area contributed by atoms with Crippen LogP contribution in [0.2, 0.25) is 10.0 Å². The van der Waals surface area contributed by atoms with Gasteiger partial charge in [-0.3, -0.25) is 9.59 Å². The van der Waals surface area contributed by atoms with Gasteiger partial charge in [0.25, 0.3) is 5.91 Å². The molecule has 0 spiro atoms. The highest BCUT2D eigenvalue weighted by molar-refractivity contribution is 7.15. The second-order valence-electron chi connectivity index (χ2n) is 7.08. The highest BCUT2D eigenvalue weighted by Gasteiger charge is 2.29. The maximum absolute atomic E-state index is 12.6. The number of rotatable bonds is 5. The predicted octanol–water partition coefficient (Wildman–Crippen LogP) is 5.12. The Morgan fingerprint density at radius 3 is 2.77 bits per heavy atom. The van der Waals surface area contributed by atoms with Gasteiger partial charge in [-0.1, -0.05) is 23.2 Å². The van der Waals surface area contributed by atoms with Crippen molar-refractivity contribution in [3.8, 4) is 0 Å². The minimum Gasteiger partial charge on any atom is -0.459 e. The molecule has 0 radical (unpaired) electrons. The molecule has 1 aliphatic rings. The van der Waals surface area contributed by atoms with E-state index in [9.17, 15) is 9.59 Å². The Morgan fingerprint density at radius 2 is 2.03 bits per heavy atom. The summed E-state index contributed by atoms with van der Waals surface area (Å²) in [5.74, 6) is -0.0294. The number of likely N-dealkylation sites (tertiary alicyclic amines) is 1. The number of hydrogen-bond acceptors (Lipinski definition) is 5. The highest BCUT2D eigenvalue weighted by Crippen LogP contribution is 2.28. The van der Waals surface area contributed by atoms with E-state index in [-0.39, 0.29) is 17.7 Å². The van der Waals surface area contributed by atoms with Crippen molar-refractivity contribution in [1.82, 2.24) is 9.88 Å². The molecule has 0 bridgehead atoms. The first kappa shape index (κ1) is 20.9. The summed E-state index contributed by atoms with van der Waals surface area (Å²) < 4.78 is 5.17. The molecule has 1 aliphatic heterocycles. The lowest BCUT2D eigenvalue weighted by Crippen LogP contribution is -2.41. The molecule has 0 unspecified atom stereocenters. The smallest absolute Gasteiger partial charge is 0.289 e. The van der Waals surface area contributed by atoms with Crippen LogP contribution in [0.4, 0.5) is 5.13 Å². The molecule has 1 aromatic carbocycles. The minimum absolute atomic E-state index is 0.0678. The molecule has 9 heteroatoms. The molecule has 1 saturated heterocycles. The molecule has 0 saturated carbocycles. The van der Waals surface area contributed by atoms with Crippen molar-refractivity contribution < 1.29 is 14.0 Å². The highest BCUT2D eigenvalue weighted by atomic mass is 35.5. The van der Waals surface area contributed by atoms with Crippen LogP contribution >= 0.6 is 34.5 Å². The quantitative estimate of drug-likeness (QED) is 0.569. The van der Waals surface area contributed by atoms with Crippen molar-refractivity contribution in [2.75, 3.05) is 18.4 Å². The van der Waals surface area contributed by atoms with Gasteiger partial charge in [0.1, 0.15) is 0 Å². The third-order valence-corrected chi connectivity index (χ3v) is 6.56. The fraction of sp³-hybridized carbons (Fsp3) is 0.286. The van der Waals surface area contributed by atoms with Gasteiger partial charge in [0.15, 0.2) is 10.9 Å². The standard InChI is InChI=1S/C21H19Cl2N3O3S/c22-15-3-4-17(23)14(10-15)11-16-12-24-21(30-16)25-19(27)13-5-7-26(8-6-13)20(28)18-2-1-9-29-18/h1-4,9-10,12-13H,5-8,11H2,(H,24,25,27). The van der Waals surface area contributed by atoms with E-state index in [1.807, 2.05) is 6.07 Å². The van der Waals surface area contributed by atoms with E-state index < -0.39 is 0 Å². The fourth-order valence-electron chi connectivity index (χ4n) is 3.42. The van der Waals surface area contributed by atoms with Gasteiger partial charge in [-0.05, 0) is 48.7 Å². The number of hydrogen-bond donors (Lipinski definition) is 1. The maximum atomic E-state index is 12.6. The van der Waals surface area contributed by atoms with Crippen LogP contribution in [0.3, 0.4) is 0 Å². The largest absolute Gasteiger partial charge is 0.459 e. The van der Waals surface area contributed by atoms with Gasteiger partial charge in [0.05, 0.1) is 6.26 Å². The van der Waals surface area contributed by atoms with E-state index >= 15 is 0 Å². The second kappa shape index (κ2) is 9.20. The topological polar surface area (TPSA) is 75.4 Å². The zero-order valence-corrected chi connectivity index (χ0v) is 18.3. The van der Waals surface area contributed by atoms with Crippen LogP contribution in [0.15, 0.2) is 47.2 Å². The molecule has 1 fully saturated rings. The fourth-order valence-corrected chi connectivity index (χ4v) is 4.64. The molecule has 1 N–H and O–H groups in total. The van der Waals surface area contributed by atoms with E-state index in [4.69, 9.17) is 27.6 Å². The lowest BCUT2D eigenvalue weighted by molar-refractivity contribution is -0.121. The Balaban J connectivity index is 1.31. The first-order valence-corrected chi connectivity index (χ1v) is 11.1. The van der Waals surface area contributed by atoms with Crippen molar-refractivity contribution in [1.29, 1.82) is 0 Å². The number of nitrogens with one attached hydrogen (secondary N) is 1. The van der Waals surface area contributed by atoms with Crippen LogP contribution in [-0.2, 0) is 11.2 Å². The molecule has 0 aliphatic carbocycles. The third-order valence-electron chi connectivity index (χ3n) is 5.04. The Bertz CT molecular complexity index is 1040. The van der Waals surface area contributed by atoms with E-state index in [0.29, 0.717) is 53.3 Å². The van der Waals surface area contributed by atoms with Gasteiger partial charge < -0.3 is 14.6 Å². The number of nitrogens with zero attached hydrogens (tertiary/aromatic N) is 2. The van der Waals surface area contributed by atoms with Gasteiger partial charge >= 0.3 is 0 Å². The first-order chi connectivity index (χ1) is 14.5. The SMILES string of the molecule is O=C(Nc1ncc(Cc2cc(Cl)ccc2Cl)s1)C1CCN(C(=O)c2ccco2)CC1. The maximum Gasteiger partial charge on any atom is 0.289 e. The summed E-state index contributed by atoms with van der Waals surface area (Å²) in [5.41, 5.74) is 0.916. The molecule has 4 rings (SSSR count). The zero-order chi connectivity index (χ0) is 21.1. The monoisotopic (exact) mass is 463 g/mol. The Morgan fingerprint density at radius 1 is 1.23 bits per heavy atom. The molecule has 0 atom stereocenters. The van der Waals surface area contributed by atoms with E-state index in [1.54, 1.807) is 35.4 Å². The van der Waals surface area contributed by atoms with Crippen molar-refractivity contribution in [3.63, 3.8) is 0 Å². The van der Waals surface area contributed by atoms with Crippen LogP contribution < -0.4 is 5.32 Å². The molecular weight excluding hydrogens is 445 g/mol. The predicted molar refractivity (Wildman–Crippen MR) is 117 cm³/mol. The zero-order valence-electron chi connectivity index (χ0n) is 15.9. The average Bonchev–Trinajstić information content (AvgIpc) is 3.43. The summed E-state index contributed by atoms with van der Waals surface area (Å²) in [6.07, 6.45) is 5.03. The summed E-state index contributed by atoms with van der Waals surface area (Å²) in [6.45, 7) is 1.04. The first-order valence-electron chi connectivity index (χ1n) is 9.52. The number of thiazole rings is 1. The molecule has 3 aromatic rings. The number of benzene rings is 1. The number of carbonyl (C=O) groups excluding carboxylic acids is 2. The second-order valence-corrected chi connectivity index (χ2v) is 9.04. The summed E-state index contributed by atoms with van der Waals surface area (Å²) in [6, 6.07) is 8.69. The molecule has 6 nitrogen and oxygen atoms in total. The number of amides is 2. The summed E-state index contributed by atoms with van der Waals surface area (Å²) in [5, 5.41) is 4.74. The number of carbonyl (C=O) groups is 2. The number of furan rings is 1. The number of piperidine rings is 1. The third kappa shape index (κ3) is 4.86.